The number of halogens is 1. The third kappa shape index (κ3) is 2.85. The summed E-state index contributed by atoms with van der Waals surface area (Å²) in [4.78, 5) is 39.1. The molecule has 0 radical (unpaired) electrons. The summed E-state index contributed by atoms with van der Waals surface area (Å²) >= 11 is 0. The highest BCUT2D eigenvalue weighted by Gasteiger charge is 2.53. The minimum absolute atomic E-state index is 0.0699. The second-order valence-electron chi connectivity index (χ2n) is 7.45. The molecule has 1 aromatic rings. The summed E-state index contributed by atoms with van der Waals surface area (Å²) < 4.78 is 18.6. The minimum Gasteiger partial charge on any atom is -0.456 e. The first-order valence-electron chi connectivity index (χ1n) is 8.90. The summed E-state index contributed by atoms with van der Waals surface area (Å²) in [6, 6.07) is 5.26. The van der Waals surface area contributed by atoms with Crippen molar-refractivity contribution in [1.29, 1.82) is 0 Å². The number of carbonyl (C=O) groups excluding carboxylic acids is 3. The van der Waals surface area contributed by atoms with Gasteiger partial charge in [0.2, 0.25) is 5.91 Å². The van der Waals surface area contributed by atoms with Crippen molar-refractivity contribution >= 4 is 17.9 Å². The largest absolute Gasteiger partial charge is 0.456 e. The van der Waals surface area contributed by atoms with Gasteiger partial charge in [-0.1, -0.05) is 26.0 Å². The first-order valence-corrected chi connectivity index (χ1v) is 8.90. The highest BCUT2D eigenvalue weighted by atomic mass is 19.1. The summed E-state index contributed by atoms with van der Waals surface area (Å²) in [7, 11) is 0. The van der Waals surface area contributed by atoms with Crippen molar-refractivity contribution in [3.05, 3.63) is 46.9 Å². The molecule has 0 saturated carbocycles. The summed E-state index contributed by atoms with van der Waals surface area (Å²) in [5.74, 6) is -2.52. The summed E-state index contributed by atoms with van der Waals surface area (Å²) in [6.45, 7) is 4.47. The third-order valence-corrected chi connectivity index (χ3v) is 5.15. The Labute approximate surface area is 155 Å². The number of carbonyl (C=O) groups is 3. The Balaban J connectivity index is 1.83. The van der Waals surface area contributed by atoms with Gasteiger partial charge in [-0.2, -0.15) is 0 Å². The Morgan fingerprint density at radius 3 is 2.59 bits per heavy atom. The van der Waals surface area contributed by atoms with E-state index in [4.69, 9.17) is 4.74 Å². The molecule has 1 saturated heterocycles. The number of urea groups is 1. The molecule has 8 heteroatoms. The van der Waals surface area contributed by atoms with E-state index in [0.29, 0.717) is 23.4 Å². The van der Waals surface area contributed by atoms with Crippen molar-refractivity contribution in [3.63, 3.8) is 0 Å². The van der Waals surface area contributed by atoms with E-state index < -0.39 is 41.7 Å². The molecule has 4 rings (SSSR count). The molecule has 3 aliphatic rings. The fraction of sp³-hybridized carbons (Fsp3) is 0.421. The van der Waals surface area contributed by atoms with E-state index >= 15 is 0 Å². The van der Waals surface area contributed by atoms with Crippen LogP contribution in [0.3, 0.4) is 0 Å². The number of hydrogen-bond acceptors (Lipinski definition) is 5. The third-order valence-electron chi connectivity index (χ3n) is 5.15. The lowest BCUT2D eigenvalue weighted by atomic mass is 9.74. The zero-order chi connectivity index (χ0) is 19.3. The summed E-state index contributed by atoms with van der Waals surface area (Å²) in [5, 5.41) is 5.58. The highest BCUT2D eigenvalue weighted by molar-refractivity contribution is 6.02. The molecule has 3 amide bonds. The van der Waals surface area contributed by atoms with Crippen LogP contribution in [-0.2, 0) is 14.3 Å². The number of esters is 1. The van der Waals surface area contributed by atoms with Crippen LogP contribution in [0.4, 0.5) is 9.18 Å². The Hall–Kier alpha value is -2.90. The van der Waals surface area contributed by atoms with E-state index in [0.717, 1.165) is 0 Å². The number of fused-ring (bicyclic) bond motifs is 1. The van der Waals surface area contributed by atoms with E-state index in [1.54, 1.807) is 17.0 Å². The van der Waals surface area contributed by atoms with Gasteiger partial charge in [0.05, 0.1) is 17.2 Å². The number of benzene rings is 1. The van der Waals surface area contributed by atoms with Gasteiger partial charge < -0.3 is 15.0 Å². The number of nitrogens with one attached hydrogen (secondary N) is 2. The number of nitrogens with zero attached hydrogens (tertiary/aromatic N) is 1. The Bertz CT molecular complexity index is 849. The molecule has 1 fully saturated rings. The fourth-order valence-corrected chi connectivity index (χ4v) is 4.07. The molecule has 7 nitrogen and oxygen atoms in total. The van der Waals surface area contributed by atoms with Crippen LogP contribution < -0.4 is 10.6 Å². The molecule has 0 bridgehead atoms. The molecule has 1 aromatic carbocycles. The van der Waals surface area contributed by atoms with Crippen molar-refractivity contribution in [2.45, 2.75) is 25.9 Å². The number of rotatable bonds is 3. The van der Waals surface area contributed by atoms with Crippen molar-refractivity contribution in [1.82, 2.24) is 15.5 Å². The van der Waals surface area contributed by atoms with Gasteiger partial charge in [0.25, 0.3) is 0 Å². The smallest absolute Gasteiger partial charge is 0.336 e. The van der Waals surface area contributed by atoms with Gasteiger partial charge in [0, 0.05) is 12.5 Å². The maximum Gasteiger partial charge on any atom is 0.336 e. The summed E-state index contributed by atoms with van der Waals surface area (Å²) in [6.07, 6.45) is -0.600. The van der Waals surface area contributed by atoms with Crippen LogP contribution in [0.25, 0.3) is 0 Å². The molecular formula is C19H20FN3O4. The van der Waals surface area contributed by atoms with Gasteiger partial charge in [0.15, 0.2) is 0 Å². The monoisotopic (exact) mass is 373 g/mol. The Morgan fingerprint density at radius 2 is 1.93 bits per heavy atom. The molecule has 2 N–H and O–H groups in total. The van der Waals surface area contributed by atoms with Gasteiger partial charge in [0.1, 0.15) is 18.6 Å². The predicted octanol–water partition coefficient (Wildman–Crippen LogP) is 1.47. The van der Waals surface area contributed by atoms with Gasteiger partial charge in [-0.3, -0.25) is 10.1 Å². The molecule has 0 aliphatic carbocycles. The molecule has 0 aromatic heterocycles. The molecule has 142 valence electrons. The predicted molar refractivity (Wildman–Crippen MR) is 92.6 cm³/mol. The molecular weight excluding hydrogens is 353 g/mol. The maximum atomic E-state index is 13.4. The van der Waals surface area contributed by atoms with Crippen molar-refractivity contribution in [2.75, 3.05) is 13.2 Å². The average molecular weight is 373 g/mol. The van der Waals surface area contributed by atoms with E-state index in [1.807, 2.05) is 13.8 Å². The van der Waals surface area contributed by atoms with Crippen LogP contribution >= 0.6 is 0 Å². The second-order valence-corrected chi connectivity index (χ2v) is 7.45. The van der Waals surface area contributed by atoms with E-state index in [1.165, 1.54) is 12.1 Å². The van der Waals surface area contributed by atoms with Gasteiger partial charge in [-0.05, 0) is 23.6 Å². The minimum atomic E-state index is -0.726. The van der Waals surface area contributed by atoms with Crippen LogP contribution in [-0.4, -0.2) is 42.1 Å². The maximum absolute atomic E-state index is 13.4. The van der Waals surface area contributed by atoms with Crippen LogP contribution in [0, 0.1) is 17.7 Å². The normalized spacial score (nSPS) is 27.2. The van der Waals surface area contributed by atoms with E-state index in [2.05, 4.69) is 10.6 Å². The molecule has 3 heterocycles. The molecule has 3 aliphatic heterocycles. The number of ether oxygens (including phenoxy) is 1. The first kappa shape index (κ1) is 17.5. The van der Waals surface area contributed by atoms with Crippen LogP contribution in [0.5, 0.6) is 0 Å². The second kappa shape index (κ2) is 6.37. The molecule has 3 atom stereocenters. The van der Waals surface area contributed by atoms with E-state index in [9.17, 15) is 18.8 Å². The lowest BCUT2D eigenvalue weighted by Crippen LogP contribution is -2.68. The molecule has 27 heavy (non-hydrogen) atoms. The van der Waals surface area contributed by atoms with Crippen molar-refractivity contribution in [2.24, 2.45) is 11.8 Å². The topological polar surface area (TPSA) is 87.7 Å². The zero-order valence-corrected chi connectivity index (χ0v) is 15.0. The fourth-order valence-electron chi connectivity index (χ4n) is 4.07. The lowest BCUT2D eigenvalue weighted by molar-refractivity contribution is -0.136. The molecule has 3 unspecified atom stereocenters. The number of cyclic esters (lactones) is 1. The van der Waals surface area contributed by atoms with E-state index in [-0.39, 0.29) is 12.5 Å². The Kier molecular flexibility index (Phi) is 4.13. The van der Waals surface area contributed by atoms with Gasteiger partial charge in [-0.15, -0.1) is 0 Å². The summed E-state index contributed by atoms with van der Waals surface area (Å²) in [5.41, 5.74) is 1.58. The van der Waals surface area contributed by atoms with Crippen molar-refractivity contribution < 1.29 is 23.5 Å². The standard InChI is InChI=1S/C19H20FN3O4/c1-9(2)7-23-16-15(17(24)22-19(23)26)13(10-3-5-11(20)6-4-10)14-12(21-16)8-27-18(14)25/h3-6,9,13,15-16,21H,7-8H2,1-2H3,(H,22,24,26). The average Bonchev–Trinajstić information content (AvgIpc) is 2.98. The van der Waals surface area contributed by atoms with Crippen LogP contribution in [0.2, 0.25) is 0 Å². The van der Waals surface area contributed by atoms with Gasteiger partial charge in [-0.25, -0.2) is 14.0 Å². The van der Waals surface area contributed by atoms with Crippen LogP contribution in [0.15, 0.2) is 35.5 Å². The number of imide groups is 1. The lowest BCUT2D eigenvalue weighted by Gasteiger charge is -2.47. The number of hydrogen-bond donors (Lipinski definition) is 2. The first-order chi connectivity index (χ1) is 12.9. The Morgan fingerprint density at radius 1 is 1.22 bits per heavy atom. The van der Waals surface area contributed by atoms with Gasteiger partial charge >= 0.3 is 12.0 Å². The SMILES string of the molecule is CC(C)CN1C(=O)NC(=O)C2C(c3ccc(F)cc3)C3=C(COC3=O)NC21. The highest BCUT2D eigenvalue weighted by Crippen LogP contribution is 2.43. The number of amides is 3. The molecule has 0 spiro atoms. The zero-order valence-electron chi connectivity index (χ0n) is 15.0. The quantitative estimate of drug-likeness (QED) is 0.784. The van der Waals surface area contributed by atoms with Crippen LogP contribution in [0.1, 0.15) is 25.3 Å². The van der Waals surface area contributed by atoms with Crippen molar-refractivity contribution in [3.8, 4) is 0 Å².